The fourth-order valence-corrected chi connectivity index (χ4v) is 3.56. The van der Waals surface area contributed by atoms with Crippen LogP contribution in [0.25, 0.3) is 0 Å². The van der Waals surface area contributed by atoms with Gasteiger partial charge < -0.3 is 5.73 Å². The molecule has 0 aliphatic carbocycles. The van der Waals surface area contributed by atoms with Crippen molar-refractivity contribution in [2.75, 3.05) is 12.3 Å². The molecule has 0 saturated heterocycles. The highest BCUT2D eigenvalue weighted by Gasteiger charge is 2.26. The molecule has 0 aromatic heterocycles. The highest BCUT2D eigenvalue weighted by molar-refractivity contribution is 7.89. The first kappa shape index (κ1) is 15.0. The Bertz CT molecular complexity index is 510. The Morgan fingerprint density at radius 2 is 1.94 bits per heavy atom. The van der Waals surface area contributed by atoms with Gasteiger partial charge >= 0.3 is 0 Å². The first-order valence-corrected chi connectivity index (χ1v) is 7.62. The van der Waals surface area contributed by atoms with Gasteiger partial charge in [-0.1, -0.05) is 13.0 Å². The van der Waals surface area contributed by atoms with Crippen LogP contribution in [0.2, 0.25) is 0 Å². The number of sulfonamides is 1. The number of anilines is 1. The third kappa shape index (κ3) is 3.03. The SMILES string of the molecule is CCCN(C(C)C)S(=O)(=O)c1ccc(C)c(N)c1. The Morgan fingerprint density at radius 3 is 2.39 bits per heavy atom. The number of aryl methyl sites for hydroxylation is 1. The third-order valence-electron chi connectivity index (χ3n) is 2.88. The maximum absolute atomic E-state index is 12.5. The van der Waals surface area contributed by atoms with Gasteiger partial charge in [-0.2, -0.15) is 4.31 Å². The van der Waals surface area contributed by atoms with E-state index in [0.29, 0.717) is 12.2 Å². The van der Waals surface area contributed by atoms with Crippen molar-refractivity contribution >= 4 is 15.7 Å². The molecule has 0 spiro atoms. The molecule has 0 bridgehead atoms. The van der Waals surface area contributed by atoms with Crippen LogP contribution >= 0.6 is 0 Å². The fourth-order valence-electron chi connectivity index (χ4n) is 1.79. The summed E-state index contributed by atoms with van der Waals surface area (Å²) >= 11 is 0. The molecule has 18 heavy (non-hydrogen) atoms. The zero-order valence-electron chi connectivity index (χ0n) is 11.5. The minimum Gasteiger partial charge on any atom is -0.398 e. The van der Waals surface area contributed by atoms with Gasteiger partial charge in [0.25, 0.3) is 0 Å². The molecule has 0 aliphatic heterocycles. The summed E-state index contributed by atoms with van der Waals surface area (Å²) in [6.45, 7) is 8.11. The third-order valence-corrected chi connectivity index (χ3v) is 4.95. The Labute approximate surface area is 110 Å². The molecular formula is C13H22N2O2S. The molecule has 1 aromatic carbocycles. The number of benzene rings is 1. The molecule has 2 N–H and O–H groups in total. The lowest BCUT2D eigenvalue weighted by Crippen LogP contribution is -2.37. The average Bonchev–Trinajstić information content (AvgIpc) is 2.28. The summed E-state index contributed by atoms with van der Waals surface area (Å²) in [5.41, 5.74) is 7.18. The zero-order chi connectivity index (χ0) is 13.9. The van der Waals surface area contributed by atoms with Crippen molar-refractivity contribution in [2.24, 2.45) is 0 Å². The van der Waals surface area contributed by atoms with Crippen LogP contribution in [-0.4, -0.2) is 25.3 Å². The Hall–Kier alpha value is -1.07. The van der Waals surface area contributed by atoms with Crippen molar-refractivity contribution < 1.29 is 8.42 Å². The minimum absolute atomic E-state index is 0.0579. The van der Waals surface area contributed by atoms with Gasteiger partial charge in [-0.25, -0.2) is 8.42 Å². The molecule has 0 amide bonds. The summed E-state index contributed by atoms with van der Waals surface area (Å²) in [6.07, 6.45) is 0.790. The number of nitrogens with two attached hydrogens (primary N) is 1. The van der Waals surface area contributed by atoms with Crippen LogP contribution < -0.4 is 5.73 Å². The predicted octanol–water partition coefficient (Wildman–Crippen LogP) is 2.39. The second-order valence-corrected chi connectivity index (χ2v) is 6.62. The van der Waals surface area contributed by atoms with Gasteiger partial charge in [-0.3, -0.25) is 0 Å². The topological polar surface area (TPSA) is 63.4 Å². The lowest BCUT2D eigenvalue weighted by molar-refractivity contribution is 0.354. The molecule has 4 nitrogen and oxygen atoms in total. The van der Waals surface area contributed by atoms with Crippen molar-refractivity contribution in [3.63, 3.8) is 0 Å². The maximum atomic E-state index is 12.5. The van der Waals surface area contributed by atoms with E-state index in [2.05, 4.69) is 0 Å². The molecule has 0 heterocycles. The fraction of sp³-hybridized carbons (Fsp3) is 0.538. The van der Waals surface area contributed by atoms with Crippen LogP contribution in [0.1, 0.15) is 32.8 Å². The normalized spacial score (nSPS) is 12.3. The van der Waals surface area contributed by atoms with Gasteiger partial charge in [-0.15, -0.1) is 0 Å². The number of nitrogens with zero attached hydrogens (tertiary/aromatic N) is 1. The van der Waals surface area contributed by atoms with E-state index >= 15 is 0 Å². The minimum atomic E-state index is -3.45. The molecular weight excluding hydrogens is 248 g/mol. The molecule has 0 saturated carbocycles. The molecule has 0 atom stereocenters. The van der Waals surface area contributed by atoms with Gasteiger partial charge in [0.15, 0.2) is 0 Å². The van der Waals surface area contributed by atoms with E-state index in [1.165, 1.54) is 10.4 Å². The maximum Gasteiger partial charge on any atom is 0.243 e. The van der Waals surface area contributed by atoms with Crippen molar-refractivity contribution in [3.05, 3.63) is 23.8 Å². The zero-order valence-corrected chi connectivity index (χ0v) is 12.3. The van der Waals surface area contributed by atoms with Gasteiger partial charge in [0, 0.05) is 18.3 Å². The predicted molar refractivity (Wildman–Crippen MR) is 74.9 cm³/mol. The summed E-state index contributed by atoms with van der Waals surface area (Å²) in [4.78, 5) is 0.271. The summed E-state index contributed by atoms with van der Waals surface area (Å²) < 4.78 is 26.5. The Morgan fingerprint density at radius 1 is 1.33 bits per heavy atom. The van der Waals surface area contributed by atoms with Crippen LogP contribution in [0.3, 0.4) is 0 Å². The van der Waals surface area contributed by atoms with Gasteiger partial charge in [0.2, 0.25) is 10.0 Å². The number of hydrogen-bond donors (Lipinski definition) is 1. The number of rotatable bonds is 5. The molecule has 5 heteroatoms. The quantitative estimate of drug-likeness (QED) is 0.836. The monoisotopic (exact) mass is 270 g/mol. The van der Waals surface area contributed by atoms with E-state index in [1.54, 1.807) is 12.1 Å². The molecule has 1 aromatic rings. The van der Waals surface area contributed by atoms with Crippen LogP contribution in [0, 0.1) is 6.92 Å². The number of nitrogen functional groups attached to an aromatic ring is 1. The molecule has 0 unspecified atom stereocenters. The summed E-state index contributed by atoms with van der Waals surface area (Å²) in [6, 6.07) is 4.84. The van der Waals surface area contributed by atoms with Crippen LogP contribution in [0.5, 0.6) is 0 Å². The average molecular weight is 270 g/mol. The van der Waals surface area contributed by atoms with Gasteiger partial charge in [0.05, 0.1) is 4.90 Å². The molecule has 0 fully saturated rings. The van der Waals surface area contributed by atoms with E-state index in [-0.39, 0.29) is 10.9 Å². The van der Waals surface area contributed by atoms with Crippen LogP contribution in [-0.2, 0) is 10.0 Å². The molecule has 0 radical (unpaired) electrons. The van der Waals surface area contributed by atoms with Crippen LogP contribution in [0.15, 0.2) is 23.1 Å². The van der Waals surface area contributed by atoms with Crippen molar-refractivity contribution in [1.82, 2.24) is 4.31 Å². The lowest BCUT2D eigenvalue weighted by atomic mass is 10.2. The standard InChI is InChI=1S/C13H22N2O2S/c1-5-8-15(10(2)3)18(16,17)12-7-6-11(4)13(14)9-12/h6-7,9-10H,5,8,14H2,1-4H3. The van der Waals surface area contributed by atoms with Crippen molar-refractivity contribution in [1.29, 1.82) is 0 Å². The summed E-state index contributed by atoms with van der Waals surface area (Å²) in [5.74, 6) is 0. The highest BCUT2D eigenvalue weighted by atomic mass is 32.2. The van der Waals surface area contributed by atoms with E-state index in [9.17, 15) is 8.42 Å². The highest BCUT2D eigenvalue weighted by Crippen LogP contribution is 2.22. The van der Waals surface area contributed by atoms with Crippen molar-refractivity contribution in [2.45, 2.75) is 45.1 Å². The van der Waals surface area contributed by atoms with Crippen LogP contribution in [0.4, 0.5) is 5.69 Å². The second-order valence-electron chi connectivity index (χ2n) is 4.73. The smallest absolute Gasteiger partial charge is 0.243 e. The van der Waals surface area contributed by atoms with E-state index in [4.69, 9.17) is 5.73 Å². The van der Waals surface area contributed by atoms with Crippen molar-refractivity contribution in [3.8, 4) is 0 Å². The first-order valence-electron chi connectivity index (χ1n) is 6.18. The number of hydrogen-bond acceptors (Lipinski definition) is 3. The second kappa shape index (κ2) is 5.71. The van der Waals surface area contributed by atoms with Gasteiger partial charge in [0.1, 0.15) is 0 Å². The summed E-state index contributed by atoms with van der Waals surface area (Å²) in [5, 5.41) is 0. The summed E-state index contributed by atoms with van der Waals surface area (Å²) in [7, 11) is -3.45. The van der Waals surface area contributed by atoms with E-state index in [0.717, 1.165) is 12.0 Å². The van der Waals surface area contributed by atoms with E-state index < -0.39 is 10.0 Å². The lowest BCUT2D eigenvalue weighted by Gasteiger charge is -2.25. The molecule has 102 valence electrons. The Balaban J connectivity index is 3.22. The molecule has 1 rings (SSSR count). The first-order chi connectivity index (χ1) is 8.30. The molecule has 0 aliphatic rings. The largest absolute Gasteiger partial charge is 0.398 e. The Kier molecular flexibility index (Phi) is 4.76. The van der Waals surface area contributed by atoms with E-state index in [1.807, 2.05) is 27.7 Å². The van der Waals surface area contributed by atoms with Gasteiger partial charge in [-0.05, 0) is 44.9 Å².